The van der Waals surface area contributed by atoms with Crippen molar-refractivity contribution in [2.24, 2.45) is 0 Å². The van der Waals surface area contributed by atoms with Gasteiger partial charge in [-0.25, -0.2) is 24.7 Å². The molecule has 1 unspecified atom stereocenters. The fourth-order valence-corrected chi connectivity index (χ4v) is 3.00. The Bertz CT molecular complexity index is 927. The summed E-state index contributed by atoms with van der Waals surface area (Å²) >= 11 is 0. The standard InChI is InChI=1S/C16H14N6O4/c17-15-18-4-9(5-19-15)14-20-11-7-22(16(24)25)6-10(11)13(21-14)8-1-2-26-12(23)3-8/h1-2,4-5,8H,3,6-7H2,(H,24,25)(H2,17,18,19). The molecular weight excluding hydrogens is 340 g/mol. The van der Waals surface area contributed by atoms with Gasteiger partial charge in [-0.15, -0.1) is 0 Å². The number of ether oxygens (including phenoxy) is 1. The van der Waals surface area contributed by atoms with Crippen molar-refractivity contribution >= 4 is 18.0 Å². The van der Waals surface area contributed by atoms with E-state index in [0.717, 1.165) is 5.56 Å². The molecule has 0 aliphatic carbocycles. The predicted octanol–water partition coefficient (Wildman–Crippen LogP) is 1.05. The number of cyclic esters (lactones) is 1. The van der Waals surface area contributed by atoms with E-state index in [4.69, 9.17) is 10.5 Å². The first-order valence-corrected chi connectivity index (χ1v) is 7.83. The number of anilines is 1. The lowest BCUT2D eigenvalue weighted by Gasteiger charge is -2.18. The van der Waals surface area contributed by atoms with Gasteiger partial charge in [-0.1, -0.05) is 0 Å². The van der Waals surface area contributed by atoms with Crippen LogP contribution in [0.5, 0.6) is 0 Å². The molecule has 4 heterocycles. The van der Waals surface area contributed by atoms with Crippen LogP contribution in [-0.2, 0) is 22.6 Å². The summed E-state index contributed by atoms with van der Waals surface area (Å²) in [7, 11) is 0. The van der Waals surface area contributed by atoms with Crippen LogP contribution in [0.15, 0.2) is 24.7 Å². The number of carbonyl (C=O) groups is 2. The minimum atomic E-state index is -1.04. The number of amides is 1. The number of carboxylic acid groups (broad SMARTS) is 1. The summed E-state index contributed by atoms with van der Waals surface area (Å²) in [5, 5.41) is 9.30. The van der Waals surface area contributed by atoms with Gasteiger partial charge < -0.3 is 15.6 Å². The second-order valence-electron chi connectivity index (χ2n) is 5.96. The van der Waals surface area contributed by atoms with Gasteiger partial charge >= 0.3 is 12.1 Å². The number of carbonyl (C=O) groups excluding carboxylic acids is 1. The molecule has 10 nitrogen and oxygen atoms in total. The Morgan fingerprint density at radius 2 is 2.04 bits per heavy atom. The van der Waals surface area contributed by atoms with Crippen LogP contribution in [0.1, 0.15) is 29.3 Å². The Hall–Kier alpha value is -3.56. The van der Waals surface area contributed by atoms with Gasteiger partial charge in [0, 0.05) is 23.9 Å². The number of esters is 1. The van der Waals surface area contributed by atoms with E-state index in [1.165, 1.54) is 23.6 Å². The Morgan fingerprint density at radius 3 is 2.73 bits per heavy atom. The lowest BCUT2D eigenvalue weighted by molar-refractivity contribution is -0.139. The van der Waals surface area contributed by atoms with Crippen molar-refractivity contribution in [2.75, 3.05) is 5.73 Å². The maximum Gasteiger partial charge on any atom is 0.407 e. The largest absolute Gasteiger partial charge is 0.465 e. The molecule has 0 radical (unpaired) electrons. The molecule has 2 aromatic heterocycles. The summed E-state index contributed by atoms with van der Waals surface area (Å²) in [6.07, 6.45) is 5.17. The number of fused-ring (bicyclic) bond motifs is 1. The van der Waals surface area contributed by atoms with Crippen molar-refractivity contribution in [3.8, 4) is 11.4 Å². The maximum atomic E-state index is 11.7. The first-order chi connectivity index (χ1) is 12.5. The molecule has 10 heteroatoms. The SMILES string of the molecule is Nc1ncc(-c2nc3c(c(C4C=COC(=O)C4)n2)CN(C(=O)O)C3)cn1. The number of allylic oxidation sites excluding steroid dienone is 1. The van der Waals surface area contributed by atoms with E-state index in [1.54, 1.807) is 6.08 Å². The van der Waals surface area contributed by atoms with Crippen molar-refractivity contribution in [2.45, 2.75) is 25.4 Å². The molecule has 2 aliphatic rings. The number of nitrogen functional groups attached to an aromatic ring is 1. The third-order valence-corrected chi connectivity index (χ3v) is 4.26. The fraction of sp³-hybridized carbons (Fsp3) is 0.250. The third-order valence-electron chi connectivity index (χ3n) is 4.26. The van der Waals surface area contributed by atoms with Crippen LogP contribution in [0.4, 0.5) is 10.7 Å². The average molecular weight is 354 g/mol. The van der Waals surface area contributed by atoms with Crippen molar-refractivity contribution in [1.29, 1.82) is 0 Å². The molecule has 0 aromatic carbocycles. The molecule has 2 aliphatic heterocycles. The predicted molar refractivity (Wildman–Crippen MR) is 87.3 cm³/mol. The highest BCUT2D eigenvalue weighted by Gasteiger charge is 2.32. The Kier molecular flexibility index (Phi) is 3.72. The quantitative estimate of drug-likeness (QED) is 0.756. The normalized spacial score (nSPS) is 18.5. The summed E-state index contributed by atoms with van der Waals surface area (Å²) in [6, 6.07) is 0. The highest BCUT2D eigenvalue weighted by molar-refractivity contribution is 5.73. The molecule has 0 spiro atoms. The van der Waals surface area contributed by atoms with Gasteiger partial charge in [-0.05, 0) is 6.08 Å². The van der Waals surface area contributed by atoms with Gasteiger partial charge in [0.15, 0.2) is 5.82 Å². The van der Waals surface area contributed by atoms with Crippen LogP contribution in [0.25, 0.3) is 11.4 Å². The molecule has 1 atom stereocenters. The number of nitrogens with two attached hydrogens (primary N) is 1. The zero-order chi connectivity index (χ0) is 18.3. The van der Waals surface area contributed by atoms with E-state index < -0.39 is 6.09 Å². The van der Waals surface area contributed by atoms with E-state index in [-0.39, 0.29) is 37.3 Å². The first-order valence-electron chi connectivity index (χ1n) is 7.83. The molecule has 0 bridgehead atoms. The fourth-order valence-electron chi connectivity index (χ4n) is 3.00. The summed E-state index contributed by atoms with van der Waals surface area (Å²) in [5.74, 6) is -0.186. The van der Waals surface area contributed by atoms with Gasteiger partial charge in [-0.3, -0.25) is 9.69 Å². The number of hydrogen-bond donors (Lipinski definition) is 2. The second-order valence-corrected chi connectivity index (χ2v) is 5.96. The average Bonchev–Trinajstić information content (AvgIpc) is 3.06. The van der Waals surface area contributed by atoms with Crippen LogP contribution < -0.4 is 5.73 Å². The van der Waals surface area contributed by atoms with Crippen LogP contribution in [-0.4, -0.2) is 42.0 Å². The van der Waals surface area contributed by atoms with Crippen molar-refractivity contribution in [3.05, 3.63) is 41.7 Å². The highest BCUT2D eigenvalue weighted by atomic mass is 16.5. The van der Waals surface area contributed by atoms with Gasteiger partial charge in [0.05, 0.1) is 42.7 Å². The molecule has 0 saturated heterocycles. The van der Waals surface area contributed by atoms with Gasteiger partial charge in [-0.2, -0.15) is 0 Å². The number of rotatable bonds is 2. The molecule has 1 amide bonds. The number of aromatic nitrogens is 4. The van der Waals surface area contributed by atoms with E-state index in [1.807, 2.05) is 0 Å². The molecule has 26 heavy (non-hydrogen) atoms. The van der Waals surface area contributed by atoms with Crippen LogP contribution in [0, 0.1) is 0 Å². The Labute approximate surface area is 147 Å². The van der Waals surface area contributed by atoms with Crippen LogP contribution >= 0.6 is 0 Å². The van der Waals surface area contributed by atoms with Gasteiger partial charge in [0.25, 0.3) is 0 Å². The lowest BCUT2D eigenvalue weighted by atomic mass is 9.95. The summed E-state index contributed by atoms with van der Waals surface area (Å²) in [6.45, 7) is 0.335. The number of hydrogen-bond acceptors (Lipinski definition) is 8. The van der Waals surface area contributed by atoms with E-state index in [0.29, 0.717) is 22.8 Å². The molecule has 4 rings (SSSR count). The highest BCUT2D eigenvalue weighted by Crippen LogP contribution is 2.33. The minimum absolute atomic E-state index is 0.130. The topological polar surface area (TPSA) is 144 Å². The van der Waals surface area contributed by atoms with Gasteiger partial charge in [0.2, 0.25) is 5.95 Å². The summed E-state index contributed by atoms with van der Waals surface area (Å²) in [4.78, 5) is 41.2. The van der Waals surface area contributed by atoms with E-state index in [2.05, 4.69) is 19.9 Å². The summed E-state index contributed by atoms with van der Waals surface area (Å²) < 4.78 is 4.84. The molecule has 132 valence electrons. The smallest absolute Gasteiger partial charge is 0.407 e. The number of nitrogens with zero attached hydrogens (tertiary/aromatic N) is 5. The molecule has 3 N–H and O–H groups in total. The van der Waals surface area contributed by atoms with E-state index >= 15 is 0 Å². The third kappa shape index (κ3) is 2.81. The lowest BCUT2D eigenvalue weighted by Crippen LogP contribution is -2.23. The molecule has 0 saturated carbocycles. The molecule has 0 fully saturated rings. The monoisotopic (exact) mass is 354 g/mol. The minimum Gasteiger partial charge on any atom is -0.465 e. The first kappa shape index (κ1) is 15.9. The zero-order valence-electron chi connectivity index (χ0n) is 13.5. The summed E-state index contributed by atoms with van der Waals surface area (Å²) in [5.41, 5.74) is 8.00. The van der Waals surface area contributed by atoms with Crippen molar-refractivity contribution in [3.63, 3.8) is 0 Å². The van der Waals surface area contributed by atoms with Crippen molar-refractivity contribution in [1.82, 2.24) is 24.8 Å². The van der Waals surface area contributed by atoms with Crippen LogP contribution in [0.3, 0.4) is 0 Å². The Balaban J connectivity index is 1.82. The zero-order valence-corrected chi connectivity index (χ0v) is 13.5. The van der Waals surface area contributed by atoms with Crippen LogP contribution in [0.2, 0.25) is 0 Å². The maximum absolute atomic E-state index is 11.7. The Morgan fingerprint density at radius 1 is 1.27 bits per heavy atom. The van der Waals surface area contributed by atoms with Crippen molar-refractivity contribution < 1.29 is 19.4 Å². The molecule has 2 aromatic rings. The molecular formula is C16H14N6O4. The second kappa shape index (κ2) is 6.06. The van der Waals surface area contributed by atoms with Gasteiger partial charge in [0.1, 0.15) is 0 Å². The van der Waals surface area contributed by atoms with E-state index in [9.17, 15) is 14.7 Å².